The quantitative estimate of drug-likeness (QED) is 0.399. The normalized spacial score (nSPS) is 12.4. The number of hydrogen-bond donors (Lipinski definition) is 3. The van der Waals surface area contributed by atoms with Gasteiger partial charge in [0.1, 0.15) is 12.1 Å². The Labute approximate surface area is 183 Å². The van der Waals surface area contributed by atoms with E-state index in [1.165, 1.54) is 4.57 Å². The molecular formula is C22H24F3N5O2. The molecule has 10 heteroatoms. The molecule has 1 aromatic carbocycles. The van der Waals surface area contributed by atoms with Crippen LogP contribution in [0.3, 0.4) is 0 Å². The summed E-state index contributed by atoms with van der Waals surface area (Å²) in [6.45, 7) is 2.43. The molecule has 0 bridgehead atoms. The largest absolute Gasteiger partial charge is 0.481 e. The van der Waals surface area contributed by atoms with Gasteiger partial charge in [0, 0.05) is 18.4 Å². The number of carboxylic acids is 1. The first kappa shape index (κ1) is 23.1. The van der Waals surface area contributed by atoms with Crippen molar-refractivity contribution in [1.82, 2.24) is 14.5 Å². The van der Waals surface area contributed by atoms with Gasteiger partial charge in [-0.05, 0) is 36.2 Å². The Kier molecular flexibility index (Phi) is 7.34. The number of halogens is 3. The van der Waals surface area contributed by atoms with Gasteiger partial charge in [0.25, 0.3) is 0 Å². The molecule has 0 saturated carbocycles. The second-order valence-electron chi connectivity index (χ2n) is 7.25. The second-order valence-corrected chi connectivity index (χ2v) is 7.25. The first-order valence-corrected chi connectivity index (χ1v) is 10.2. The van der Waals surface area contributed by atoms with Gasteiger partial charge in [-0.25, -0.2) is 9.97 Å². The Morgan fingerprint density at radius 2 is 1.84 bits per heavy atom. The van der Waals surface area contributed by atoms with Gasteiger partial charge in [-0.1, -0.05) is 25.5 Å². The summed E-state index contributed by atoms with van der Waals surface area (Å²) >= 11 is 0. The summed E-state index contributed by atoms with van der Waals surface area (Å²) < 4.78 is 39.5. The molecule has 1 atom stereocenters. The van der Waals surface area contributed by atoms with Crippen molar-refractivity contribution in [2.24, 2.45) is 0 Å². The molecule has 3 N–H and O–H groups in total. The zero-order valence-electron chi connectivity index (χ0n) is 17.4. The molecule has 0 amide bonds. The maximum absolute atomic E-state index is 12.7. The standard InChI is InChI=1S/C22H24F3N5O2/c1-2-3-18(15-4-6-16(7-5-15)26-11-10-21(31)32)29-17-8-9-20(27-12-17)30-13-19(28-14-30)22(23,24)25/h4-9,12-14,18,26,29H,2-3,10-11H2,1H3,(H,31,32). The molecule has 0 fully saturated rings. The minimum Gasteiger partial charge on any atom is -0.481 e. The van der Waals surface area contributed by atoms with Crippen molar-refractivity contribution in [1.29, 1.82) is 0 Å². The van der Waals surface area contributed by atoms with Crippen molar-refractivity contribution in [3.63, 3.8) is 0 Å². The van der Waals surface area contributed by atoms with Gasteiger partial charge < -0.3 is 15.7 Å². The molecule has 32 heavy (non-hydrogen) atoms. The number of alkyl halides is 3. The molecule has 0 radical (unpaired) electrons. The van der Waals surface area contributed by atoms with Gasteiger partial charge in [0.2, 0.25) is 0 Å². The van der Waals surface area contributed by atoms with Crippen LogP contribution in [-0.2, 0) is 11.0 Å². The Morgan fingerprint density at radius 3 is 2.41 bits per heavy atom. The zero-order chi connectivity index (χ0) is 23.1. The summed E-state index contributed by atoms with van der Waals surface area (Å²) in [6.07, 6.45) is 0.919. The van der Waals surface area contributed by atoms with Crippen LogP contribution in [0, 0.1) is 0 Å². The van der Waals surface area contributed by atoms with E-state index in [9.17, 15) is 18.0 Å². The number of aliphatic carboxylic acids is 1. The first-order chi connectivity index (χ1) is 15.3. The molecule has 0 aliphatic carbocycles. The lowest BCUT2D eigenvalue weighted by atomic mass is 10.0. The highest BCUT2D eigenvalue weighted by Gasteiger charge is 2.33. The molecule has 0 aliphatic rings. The predicted octanol–water partition coefficient (Wildman–Crippen LogP) is 5.13. The van der Waals surface area contributed by atoms with E-state index in [0.29, 0.717) is 12.4 Å². The summed E-state index contributed by atoms with van der Waals surface area (Å²) in [5, 5.41) is 15.2. The molecule has 7 nitrogen and oxygen atoms in total. The van der Waals surface area contributed by atoms with Crippen LogP contribution in [0.25, 0.3) is 5.82 Å². The number of anilines is 2. The number of carbonyl (C=O) groups is 1. The van der Waals surface area contributed by atoms with Gasteiger partial charge in [0.15, 0.2) is 5.69 Å². The maximum Gasteiger partial charge on any atom is 0.434 e. The van der Waals surface area contributed by atoms with Crippen LogP contribution in [0.15, 0.2) is 55.1 Å². The number of aromatic nitrogens is 3. The average Bonchev–Trinajstić information content (AvgIpc) is 3.25. The fourth-order valence-corrected chi connectivity index (χ4v) is 3.18. The number of nitrogens with zero attached hydrogens (tertiary/aromatic N) is 3. The molecule has 170 valence electrons. The van der Waals surface area contributed by atoms with Crippen LogP contribution < -0.4 is 10.6 Å². The van der Waals surface area contributed by atoms with Gasteiger partial charge in [-0.3, -0.25) is 9.36 Å². The van der Waals surface area contributed by atoms with E-state index in [0.717, 1.165) is 42.3 Å². The van der Waals surface area contributed by atoms with Gasteiger partial charge >= 0.3 is 12.1 Å². The van der Waals surface area contributed by atoms with Crippen molar-refractivity contribution in [3.05, 3.63) is 66.4 Å². The van der Waals surface area contributed by atoms with E-state index in [-0.39, 0.29) is 12.5 Å². The third-order valence-corrected chi connectivity index (χ3v) is 4.78. The van der Waals surface area contributed by atoms with Crippen molar-refractivity contribution in [2.45, 2.75) is 38.4 Å². The van der Waals surface area contributed by atoms with Crippen LogP contribution in [0.2, 0.25) is 0 Å². The van der Waals surface area contributed by atoms with Crippen LogP contribution in [-0.4, -0.2) is 32.2 Å². The number of benzene rings is 1. The minimum atomic E-state index is -4.50. The molecule has 0 aliphatic heterocycles. The van der Waals surface area contributed by atoms with Crippen molar-refractivity contribution >= 4 is 17.3 Å². The lowest BCUT2D eigenvalue weighted by Gasteiger charge is -2.20. The van der Waals surface area contributed by atoms with Crippen molar-refractivity contribution in [3.8, 4) is 5.82 Å². The van der Waals surface area contributed by atoms with Crippen LogP contribution in [0.5, 0.6) is 0 Å². The summed E-state index contributed by atoms with van der Waals surface area (Å²) in [5.41, 5.74) is 1.68. The minimum absolute atomic E-state index is 0.0193. The highest BCUT2D eigenvalue weighted by molar-refractivity contribution is 5.67. The van der Waals surface area contributed by atoms with Gasteiger partial charge in [-0.15, -0.1) is 0 Å². The maximum atomic E-state index is 12.7. The number of pyridine rings is 1. The highest BCUT2D eigenvalue weighted by Crippen LogP contribution is 2.28. The topological polar surface area (TPSA) is 92.1 Å². The predicted molar refractivity (Wildman–Crippen MR) is 115 cm³/mol. The Hall–Kier alpha value is -3.56. The summed E-state index contributed by atoms with van der Waals surface area (Å²) in [6, 6.07) is 11.2. The third-order valence-electron chi connectivity index (χ3n) is 4.78. The fourth-order valence-electron chi connectivity index (χ4n) is 3.18. The second kappa shape index (κ2) is 10.2. The molecule has 3 aromatic rings. The highest BCUT2D eigenvalue weighted by atomic mass is 19.4. The number of hydrogen-bond acceptors (Lipinski definition) is 5. The van der Waals surface area contributed by atoms with Crippen LogP contribution >= 0.6 is 0 Å². The Bertz CT molecular complexity index is 1020. The van der Waals surface area contributed by atoms with Crippen molar-refractivity contribution < 1.29 is 23.1 Å². The zero-order valence-corrected chi connectivity index (χ0v) is 17.4. The number of carboxylic acid groups (broad SMARTS) is 1. The molecule has 0 saturated heterocycles. The number of imidazole rings is 1. The molecule has 2 aromatic heterocycles. The van der Waals surface area contributed by atoms with E-state index in [1.54, 1.807) is 18.3 Å². The lowest BCUT2D eigenvalue weighted by Crippen LogP contribution is -2.11. The number of rotatable bonds is 10. The first-order valence-electron chi connectivity index (χ1n) is 10.2. The Balaban J connectivity index is 1.67. The fraction of sp³-hybridized carbons (Fsp3) is 0.318. The van der Waals surface area contributed by atoms with E-state index in [2.05, 4.69) is 27.5 Å². The lowest BCUT2D eigenvalue weighted by molar-refractivity contribution is -0.141. The monoisotopic (exact) mass is 447 g/mol. The van der Waals surface area contributed by atoms with E-state index in [4.69, 9.17) is 5.11 Å². The smallest absolute Gasteiger partial charge is 0.434 e. The SMILES string of the molecule is CCCC(Nc1ccc(-n2cnc(C(F)(F)F)c2)nc1)c1ccc(NCCC(=O)O)cc1. The van der Waals surface area contributed by atoms with Gasteiger partial charge in [0.05, 0.1) is 24.3 Å². The summed E-state index contributed by atoms with van der Waals surface area (Å²) in [5.74, 6) is -0.517. The van der Waals surface area contributed by atoms with E-state index >= 15 is 0 Å². The summed E-state index contributed by atoms with van der Waals surface area (Å²) in [7, 11) is 0. The van der Waals surface area contributed by atoms with E-state index in [1.807, 2.05) is 24.3 Å². The average molecular weight is 447 g/mol. The van der Waals surface area contributed by atoms with Crippen LogP contribution in [0.4, 0.5) is 24.5 Å². The molecule has 1 unspecified atom stereocenters. The summed E-state index contributed by atoms with van der Waals surface area (Å²) in [4.78, 5) is 18.2. The van der Waals surface area contributed by atoms with Crippen LogP contribution in [0.1, 0.15) is 43.5 Å². The molecule has 0 spiro atoms. The molecule has 2 heterocycles. The van der Waals surface area contributed by atoms with E-state index < -0.39 is 17.8 Å². The van der Waals surface area contributed by atoms with Gasteiger partial charge in [-0.2, -0.15) is 13.2 Å². The molecular weight excluding hydrogens is 423 g/mol. The Morgan fingerprint density at radius 1 is 1.12 bits per heavy atom. The molecule has 3 rings (SSSR count). The van der Waals surface area contributed by atoms with Crippen molar-refractivity contribution in [2.75, 3.05) is 17.2 Å². The third kappa shape index (κ3) is 6.22. The number of nitrogens with one attached hydrogen (secondary N) is 2.